The van der Waals surface area contributed by atoms with Crippen LogP contribution in [0.25, 0.3) is 16.0 Å². The van der Waals surface area contributed by atoms with Crippen molar-refractivity contribution >= 4 is 28.1 Å². The second-order valence-corrected chi connectivity index (χ2v) is 7.93. The molecule has 3 N–H and O–H groups in total. The molecule has 2 fully saturated rings. The van der Waals surface area contributed by atoms with Crippen LogP contribution in [0.1, 0.15) is 34.8 Å². The fourth-order valence-corrected chi connectivity index (χ4v) is 5.17. The molecule has 1 aromatic carbocycles. The van der Waals surface area contributed by atoms with Crippen molar-refractivity contribution in [1.82, 2.24) is 14.9 Å². The maximum absolute atomic E-state index is 12.5. The van der Waals surface area contributed by atoms with E-state index in [4.69, 9.17) is 10.5 Å². The van der Waals surface area contributed by atoms with Gasteiger partial charge in [0.15, 0.2) is 5.13 Å². The molecule has 2 saturated heterocycles. The van der Waals surface area contributed by atoms with E-state index in [1.54, 1.807) is 17.5 Å². The lowest BCUT2D eigenvalue weighted by molar-refractivity contribution is 0.0174. The van der Waals surface area contributed by atoms with Gasteiger partial charge in [0.05, 0.1) is 24.3 Å². The molecule has 3 aromatic rings. The van der Waals surface area contributed by atoms with Crippen molar-refractivity contribution in [2.24, 2.45) is 5.73 Å². The van der Waals surface area contributed by atoms with Gasteiger partial charge in [-0.05, 0) is 18.9 Å². The summed E-state index contributed by atoms with van der Waals surface area (Å²) in [7, 11) is 0. The van der Waals surface area contributed by atoms with Crippen LogP contribution >= 0.6 is 11.3 Å². The Morgan fingerprint density at radius 1 is 1.27 bits per heavy atom. The number of primary amides is 1. The van der Waals surface area contributed by atoms with Crippen LogP contribution in [0, 0.1) is 0 Å². The number of hydrogen-bond donors (Lipinski definition) is 2. The average molecular weight is 368 g/mol. The van der Waals surface area contributed by atoms with Crippen LogP contribution in [0.5, 0.6) is 0 Å². The summed E-state index contributed by atoms with van der Waals surface area (Å²) >= 11 is 1.57. The van der Waals surface area contributed by atoms with Crippen molar-refractivity contribution in [3.05, 3.63) is 47.1 Å². The number of nitrogens with one attached hydrogen (secondary N) is 1. The van der Waals surface area contributed by atoms with Crippen LogP contribution < -0.4 is 11.1 Å². The van der Waals surface area contributed by atoms with Gasteiger partial charge in [-0.3, -0.25) is 9.36 Å². The van der Waals surface area contributed by atoms with E-state index in [0.29, 0.717) is 17.6 Å². The second-order valence-electron chi connectivity index (χ2n) is 7.06. The third-order valence-electron chi connectivity index (χ3n) is 5.40. The van der Waals surface area contributed by atoms with Crippen molar-refractivity contribution in [3.63, 3.8) is 0 Å². The third kappa shape index (κ3) is 2.46. The normalized spacial score (nSPS) is 25.5. The molecular weight excluding hydrogens is 348 g/mol. The molecule has 0 radical (unpaired) electrons. The SMILES string of the molecule is NC(=O)c1c(C2CC3COCC(C2)N3)n(-c2nccs2)c2ccccc12. The molecule has 26 heavy (non-hydrogen) atoms. The van der Waals surface area contributed by atoms with E-state index in [9.17, 15) is 4.79 Å². The standard InChI is InChI=1S/C19H20N4O2S/c20-18(24)16-14-3-1-2-4-15(14)23(19-21-5-6-26-19)17(16)11-7-12-9-25-10-13(8-11)22-12/h1-6,11-13,22H,7-10H2,(H2,20,24). The number of amides is 1. The highest BCUT2D eigenvalue weighted by Gasteiger charge is 2.37. The van der Waals surface area contributed by atoms with Gasteiger partial charge in [-0.2, -0.15) is 0 Å². The Morgan fingerprint density at radius 2 is 2.04 bits per heavy atom. The molecule has 4 heterocycles. The van der Waals surface area contributed by atoms with Gasteiger partial charge in [0, 0.05) is 40.7 Å². The summed E-state index contributed by atoms with van der Waals surface area (Å²) in [5.41, 5.74) is 8.50. The fraction of sp³-hybridized carbons (Fsp3) is 0.368. The first-order valence-corrected chi connectivity index (χ1v) is 9.77. The minimum absolute atomic E-state index is 0.244. The maximum Gasteiger partial charge on any atom is 0.251 e. The number of carbonyl (C=O) groups is 1. The number of morpholine rings is 1. The highest BCUT2D eigenvalue weighted by Crippen LogP contribution is 2.40. The zero-order valence-corrected chi connectivity index (χ0v) is 15.0. The monoisotopic (exact) mass is 368 g/mol. The maximum atomic E-state index is 12.5. The number of aromatic nitrogens is 2. The van der Waals surface area contributed by atoms with E-state index in [-0.39, 0.29) is 11.8 Å². The summed E-state index contributed by atoms with van der Waals surface area (Å²) < 4.78 is 7.83. The van der Waals surface area contributed by atoms with Crippen molar-refractivity contribution < 1.29 is 9.53 Å². The zero-order valence-electron chi connectivity index (χ0n) is 14.2. The molecule has 6 nitrogen and oxygen atoms in total. The molecule has 5 rings (SSSR count). The summed E-state index contributed by atoms with van der Waals surface area (Å²) in [4.78, 5) is 17.0. The molecule has 2 aliphatic heterocycles. The van der Waals surface area contributed by atoms with Gasteiger partial charge in [-0.1, -0.05) is 18.2 Å². The van der Waals surface area contributed by atoms with Crippen LogP contribution in [0.15, 0.2) is 35.8 Å². The summed E-state index contributed by atoms with van der Waals surface area (Å²) in [5.74, 6) is -0.125. The van der Waals surface area contributed by atoms with E-state index >= 15 is 0 Å². The van der Waals surface area contributed by atoms with E-state index < -0.39 is 0 Å². The van der Waals surface area contributed by atoms with Gasteiger partial charge in [-0.15, -0.1) is 11.3 Å². The smallest absolute Gasteiger partial charge is 0.251 e. The zero-order chi connectivity index (χ0) is 17.7. The number of fused-ring (bicyclic) bond motifs is 3. The summed E-state index contributed by atoms with van der Waals surface area (Å²) in [6.07, 6.45) is 3.66. The lowest BCUT2D eigenvalue weighted by Crippen LogP contribution is -2.53. The Bertz CT molecular complexity index is 953. The molecule has 0 spiro atoms. The predicted octanol–water partition coefficient (Wildman–Crippen LogP) is 2.42. The molecule has 2 aromatic heterocycles. The van der Waals surface area contributed by atoms with E-state index in [0.717, 1.165) is 47.8 Å². The molecule has 2 atom stereocenters. The van der Waals surface area contributed by atoms with Crippen molar-refractivity contribution in [3.8, 4) is 5.13 Å². The van der Waals surface area contributed by atoms with Gasteiger partial charge in [0.25, 0.3) is 5.91 Å². The molecule has 0 saturated carbocycles. The molecular formula is C19H20N4O2S. The number of nitrogens with two attached hydrogens (primary N) is 1. The van der Waals surface area contributed by atoms with Crippen LogP contribution in [0.2, 0.25) is 0 Å². The van der Waals surface area contributed by atoms with Gasteiger partial charge >= 0.3 is 0 Å². The molecule has 2 unspecified atom stereocenters. The number of nitrogens with zero attached hydrogens (tertiary/aromatic N) is 2. The molecule has 1 amide bonds. The second kappa shape index (κ2) is 6.19. The van der Waals surface area contributed by atoms with E-state index in [1.807, 2.05) is 29.6 Å². The quantitative estimate of drug-likeness (QED) is 0.744. The Balaban J connectivity index is 1.76. The topological polar surface area (TPSA) is 82.2 Å². The van der Waals surface area contributed by atoms with Crippen LogP contribution in [0.3, 0.4) is 0 Å². The first-order valence-electron chi connectivity index (χ1n) is 8.89. The Labute approximate surface area is 155 Å². The number of ether oxygens (including phenoxy) is 1. The largest absolute Gasteiger partial charge is 0.378 e. The molecule has 134 valence electrons. The number of para-hydroxylation sites is 1. The lowest BCUT2D eigenvalue weighted by atomic mass is 9.83. The molecule has 0 aliphatic carbocycles. The minimum atomic E-state index is -0.369. The number of thiazole rings is 1. The fourth-order valence-electron chi connectivity index (χ4n) is 4.50. The van der Waals surface area contributed by atoms with Gasteiger partial charge in [0.1, 0.15) is 0 Å². The molecule has 2 aliphatic rings. The van der Waals surface area contributed by atoms with Crippen molar-refractivity contribution in [1.29, 1.82) is 0 Å². The molecule has 7 heteroatoms. The Kier molecular flexibility index (Phi) is 3.81. The van der Waals surface area contributed by atoms with Crippen LogP contribution in [0.4, 0.5) is 0 Å². The minimum Gasteiger partial charge on any atom is -0.378 e. The predicted molar refractivity (Wildman–Crippen MR) is 101 cm³/mol. The van der Waals surface area contributed by atoms with Gasteiger partial charge < -0.3 is 15.8 Å². The summed E-state index contributed by atoms with van der Waals surface area (Å²) in [6, 6.07) is 8.60. The van der Waals surface area contributed by atoms with Gasteiger partial charge in [-0.25, -0.2) is 4.98 Å². The first-order chi connectivity index (χ1) is 12.7. The van der Waals surface area contributed by atoms with E-state index in [2.05, 4.69) is 14.9 Å². The van der Waals surface area contributed by atoms with Crippen LogP contribution in [-0.2, 0) is 4.74 Å². The highest BCUT2D eigenvalue weighted by molar-refractivity contribution is 7.12. The Hall–Kier alpha value is -2.22. The summed E-state index contributed by atoms with van der Waals surface area (Å²) in [6.45, 7) is 1.44. The van der Waals surface area contributed by atoms with Crippen molar-refractivity contribution in [2.45, 2.75) is 30.8 Å². The average Bonchev–Trinajstić information content (AvgIpc) is 3.26. The third-order valence-corrected chi connectivity index (χ3v) is 6.16. The first kappa shape index (κ1) is 16.0. The summed E-state index contributed by atoms with van der Waals surface area (Å²) in [5, 5.41) is 7.37. The van der Waals surface area contributed by atoms with Crippen LogP contribution in [-0.4, -0.2) is 40.8 Å². The number of carbonyl (C=O) groups excluding carboxylic acids is 1. The number of hydrogen-bond acceptors (Lipinski definition) is 5. The van der Waals surface area contributed by atoms with Crippen molar-refractivity contribution in [2.75, 3.05) is 13.2 Å². The Morgan fingerprint density at radius 3 is 2.73 bits per heavy atom. The number of piperidine rings is 1. The van der Waals surface area contributed by atoms with E-state index in [1.165, 1.54) is 0 Å². The number of rotatable bonds is 3. The highest BCUT2D eigenvalue weighted by atomic mass is 32.1. The number of benzene rings is 1. The van der Waals surface area contributed by atoms with Gasteiger partial charge in [0.2, 0.25) is 0 Å². The lowest BCUT2D eigenvalue weighted by Gasteiger charge is -2.40. The molecule has 2 bridgehead atoms.